The molecule has 1 saturated heterocycles. The maximum Gasteiger partial charge on any atom is 0.234 e. The Balaban J connectivity index is 1.71. The number of amides is 1. The second-order valence-corrected chi connectivity index (χ2v) is 4.55. The molecule has 1 heterocycles. The summed E-state index contributed by atoms with van der Waals surface area (Å²) >= 11 is 0. The predicted octanol–water partition coefficient (Wildman–Crippen LogP) is 0.336. The van der Waals surface area contributed by atoms with Gasteiger partial charge in [-0.05, 0) is 12.0 Å². The molecule has 0 saturated carbocycles. The van der Waals surface area contributed by atoms with Gasteiger partial charge in [0.25, 0.3) is 0 Å². The first kappa shape index (κ1) is 12.1. The quantitative estimate of drug-likeness (QED) is 0.788. The average Bonchev–Trinajstić information content (AvgIpc) is 2.73. The van der Waals surface area contributed by atoms with Crippen LogP contribution in [0.4, 0.5) is 0 Å². The highest BCUT2D eigenvalue weighted by Gasteiger charge is 2.20. The Labute approximate surface area is 102 Å². The first-order chi connectivity index (χ1) is 8.24. The predicted molar refractivity (Wildman–Crippen MR) is 67.3 cm³/mol. The number of benzene rings is 1. The molecule has 1 aromatic carbocycles. The van der Waals surface area contributed by atoms with Crippen molar-refractivity contribution in [2.45, 2.75) is 19.0 Å². The minimum Gasteiger partial charge on any atom is -0.351 e. The normalized spacial score (nSPS) is 20.4. The van der Waals surface area contributed by atoms with Crippen molar-refractivity contribution < 1.29 is 4.79 Å². The molecule has 4 heteroatoms. The summed E-state index contributed by atoms with van der Waals surface area (Å²) in [6, 6.07) is 10.2. The highest BCUT2D eigenvalue weighted by molar-refractivity contribution is 5.78. The van der Waals surface area contributed by atoms with Crippen LogP contribution >= 0.6 is 0 Å². The van der Waals surface area contributed by atoms with Crippen molar-refractivity contribution >= 4 is 5.91 Å². The molecule has 0 radical (unpaired) electrons. The minimum absolute atomic E-state index is 0.0722. The van der Waals surface area contributed by atoms with Gasteiger partial charge >= 0.3 is 0 Å². The first-order valence-electron chi connectivity index (χ1n) is 6.02. The zero-order valence-electron chi connectivity index (χ0n) is 9.93. The Morgan fingerprint density at radius 3 is 2.82 bits per heavy atom. The van der Waals surface area contributed by atoms with Gasteiger partial charge in [0.1, 0.15) is 0 Å². The molecule has 3 N–H and O–H groups in total. The summed E-state index contributed by atoms with van der Waals surface area (Å²) in [5.41, 5.74) is 6.92. The van der Waals surface area contributed by atoms with Crippen molar-refractivity contribution in [3.63, 3.8) is 0 Å². The smallest absolute Gasteiger partial charge is 0.234 e. The molecule has 17 heavy (non-hydrogen) atoms. The molecular formula is C13H19N3O. The number of nitrogens with one attached hydrogen (secondary N) is 1. The third-order valence-electron chi connectivity index (χ3n) is 3.01. The molecule has 2 rings (SSSR count). The topological polar surface area (TPSA) is 58.4 Å². The van der Waals surface area contributed by atoms with E-state index in [0.717, 1.165) is 25.1 Å². The van der Waals surface area contributed by atoms with Crippen molar-refractivity contribution in [3.8, 4) is 0 Å². The Kier molecular flexibility index (Phi) is 4.12. The number of hydrogen-bond acceptors (Lipinski definition) is 3. The van der Waals surface area contributed by atoms with Crippen molar-refractivity contribution in [2.24, 2.45) is 5.73 Å². The summed E-state index contributed by atoms with van der Waals surface area (Å²) in [5, 5.41) is 2.92. The van der Waals surface area contributed by atoms with E-state index in [1.807, 2.05) is 30.3 Å². The van der Waals surface area contributed by atoms with Crippen LogP contribution in [0.2, 0.25) is 0 Å². The number of rotatable bonds is 4. The van der Waals surface area contributed by atoms with Gasteiger partial charge in [-0.3, -0.25) is 9.69 Å². The number of likely N-dealkylation sites (tertiary alicyclic amines) is 1. The zero-order valence-corrected chi connectivity index (χ0v) is 9.93. The van der Waals surface area contributed by atoms with E-state index in [-0.39, 0.29) is 11.9 Å². The largest absolute Gasteiger partial charge is 0.351 e. The van der Waals surface area contributed by atoms with Gasteiger partial charge in [0.2, 0.25) is 5.91 Å². The van der Waals surface area contributed by atoms with E-state index in [0.29, 0.717) is 13.1 Å². The number of nitrogens with zero attached hydrogens (tertiary/aromatic N) is 1. The lowest BCUT2D eigenvalue weighted by molar-refractivity contribution is -0.122. The van der Waals surface area contributed by atoms with Gasteiger partial charge in [-0.25, -0.2) is 0 Å². The van der Waals surface area contributed by atoms with Crippen molar-refractivity contribution in [3.05, 3.63) is 35.9 Å². The van der Waals surface area contributed by atoms with Crippen LogP contribution in [0.5, 0.6) is 0 Å². The Bertz CT molecular complexity index is 366. The van der Waals surface area contributed by atoms with Crippen LogP contribution in [-0.2, 0) is 11.3 Å². The average molecular weight is 233 g/mol. The van der Waals surface area contributed by atoms with Gasteiger partial charge in [0, 0.05) is 25.7 Å². The molecule has 1 aromatic rings. The van der Waals surface area contributed by atoms with E-state index in [9.17, 15) is 4.79 Å². The fourth-order valence-electron chi connectivity index (χ4n) is 2.06. The Morgan fingerprint density at radius 2 is 2.18 bits per heavy atom. The van der Waals surface area contributed by atoms with Crippen molar-refractivity contribution in [1.82, 2.24) is 10.2 Å². The first-order valence-corrected chi connectivity index (χ1v) is 6.02. The van der Waals surface area contributed by atoms with E-state index in [2.05, 4.69) is 10.2 Å². The molecule has 1 unspecified atom stereocenters. The molecule has 0 spiro atoms. The highest BCUT2D eigenvalue weighted by atomic mass is 16.2. The maximum atomic E-state index is 11.7. The number of nitrogens with two attached hydrogens (primary N) is 1. The van der Waals surface area contributed by atoms with E-state index < -0.39 is 0 Å². The van der Waals surface area contributed by atoms with E-state index in [4.69, 9.17) is 5.73 Å². The third kappa shape index (κ3) is 3.84. The Morgan fingerprint density at radius 1 is 1.41 bits per heavy atom. The lowest BCUT2D eigenvalue weighted by Crippen LogP contribution is -2.37. The molecule has 0 aromatic heterocycles. The highest BCUT2D eigenvalue weighted by Crippen LogP contribution is 2.05. The molecule has 0 aliphatic carbocycles. The molecular weight excluding hydrogens is 214 g/mol. The molecule has 1 fully saturated rings. The van der Waals surface area contributed by atoms with Crippen molar-refractivity contribution in [1.29, 1.82) is 0 Å². The van der Waals surface area contributed by atoms with Crippen molar-refractivity contribution in [2.75, 3.05) is 19.6 Å². The number of carbonyl (C=O) groups is 1. The molecule has 92 valence electrons. The van der Waals surface area contributed by atoms with E-state index in [1.54, 1.807) is 0 Å². The van der Waals surface area contributed by atoms with Gasteiger partial charge in [0.15, 0.2) is 0 Å². The monoisotopic (exact) mass is 233 g/mol. The van der Waals surface area contributed by atoms with Crippen LogP contribution in [0.25, 0.3) is 0 Å². The Hall–Kier alpha value is -1.39. The fraction of sp³-hybridized carbons (Fsp3) is 0.462. The van der Waals surface area contributed by atoms with Gasteiger partial charge in [-0.2, -0.15) is 0 Å². The van der Waals surface area contributed by atoms with Gasteiger partial charge in [-0.15, -0.1) is 0 Å². The summed E-state index contributed by atoms with van der Waals surface area (Å²) in [6.45, 7) is 2.82. The molecule has 1 aliphatic rings. The van der Waals surface area contributed by atoms with Crippen LogP contribution in [0, 0.1) is 0 Å². The lowest BCUT2D eigenvalue weighted by Gasteiger charge is -2.14. The summed E-state index contributed by atoms with van der Waals surface area (Å²) in [6.07, 6.45) is 0.992. The number of hydrogen-bond donors (Lipinski definition) is 2. The van der Waals surface area contributed by atoms with Crippen LogP contribution in [0.3, 0.4) is 0 Å². The molecule has 0 bridgehead atoms. The fourth-order valence-corrected chi connectivity index (χ4v) is 2.06. The van der Waals surface area contributed by atoms with Gasteiger partial charge in [-0.1, -0.05) is 30.3 Å². The molecule has 1 amide bonds. The SMILES string of the molecule is NC1CCN(CC(=O)NCc2ccccc2)C1. The molecule has 4 nitrogen and oxygen atoms in total. The van der Waals surface area contributed by atoms with E-state index in [1.165, 1.54) is 0 Å². The lowest BCUT2D eigenvalue weighted by atomic mass is 10.2. The second-order valence-electron chi connectivity index (χ2n) is 4.55. The summed E-state index contributed by atoms with van der Waals surface area (Å²) in [5.74, 6) is 0.0722. The minimum atomic E-state index is 0.0722. The van der Waals surface area contributed by atoms with Crippen LogP contribution in [0.1, 0.15) is 12.0 Å². The standard InChI is InChI=1S/C13H19N3O/c14-12-6-7-16(9-12)10-13(17)15-8-11-4-2-1-3-5-11/h1-5,12H,6-10,14H2,(H,15,17). The third-order valence-corrected chi connectivity index (χ3v) is 3.01. The molecule has 1 atom stereocenters. The summed E-state index contributed by atoms with van der Waals surface area (Å²) < 4.78 is 0. The van der Waals surface area contributed by atoms with Crippen LogP contribution in [-0.4, -0.2) is 36.5 Å². The second kappa shape index (κ2) is 5.80. The summed E-state index contributed by atoms with van der Waals surface area (Å²) in [7, 11) is 0. The summed E-state index contributed by atoms with van der Waals surface area (Å²) in [4.78, 5) is 13.8. The van der Waals surface area contributed by atoms with E-state index >= 15 is 0 Å². The van der Waals surface area contributed by atoms with Gasteiger partial charge in [0.05, 0.1) is 6.54 Å². The van der Waals surface area contributed by atoms with Gasteiger partial charge < -0.3 is 11.1 Å². The molecule has 1 aliphatic heterocycles. The zero-order chi connectivity index (χ0) is 12.1. The maximum absolute atomic E-state index is 11.7. The number of carbonyl (C=O) groups excluding carboxylic acids is 1. The van der Waals surface area contributed by atoms with Crippen LogP contribution in [0.15, 0.2) is 30.3 Å². The van der Waals surface area contributed by atoms with Crippen LogP contribution < -0.4 is 11.1 Å².